The molecular formula is C26H34N4O6. The number of benzene rings is 1. The standard InChI is InChI=1S/C26H34N4O6/c1-15-6-2-3-10-19(15)28-25(35)26(36)30-13-17-7-4-9-18(17)22(30)24(34)29-20(21(32)14-31)12-16-8-5-11-27-23(16)33/h2-3,6,10,16-18,20,22,31H,4-5,7-9,11-14H2,1H3,(H,27,33)(H,28,35)(H,29,34)/t16-,17-,18-,20+,22-/m0/s1. The van der Waals surface area contributed by atoms with Crippen LogP contribution in [0.25, 0.3) is 0 Å². The summed E-state index contributed by atoms with van der Waals surface area (Å²) in [6, 6.07) is 5.18. The summed E-state index contributed by atoms with van der Waals surface area (Å²) in [4.78, 5) is 65.6. The molecule has 5 atom stereocenters. The zero-order valence-electron chi connectivity index (χ0n) is 20.5. The monoisotopic (exact) mass is 498 g/mol. The molecule has 4 amide bonds. The number of anilines is 1. The van der Waals surface area contributed by atoms with Gasteiger partial charge in [0.2, 0.25) is 11.8 Å². The summed E-state index contributed by atoms with van der Waals surface area (Å²) in [5, 5.41) is 17.6. The van der Waals surface area contributed by atoms with Crippen molar-refractivity contribution in [2.24, 2.45) is 17.8 Å². The lowest BCUT2D eigenvalue weighted by Crippen LogP contribution is -2.55. The van der Waals surface area contributed by atoms with Gasteiger partial charge in [-0.15, -0.1) is 0 Å². The van der Waals surface area contributed by atoms with Crippen molar-refractivity contribution in [2.75, 3.05) is 25.0 Å². The van der Waals surface area contributed by atoms with Crippen molar-refractivity contribution in [3.05, 3.63) is 29.8 Å². The van der Waals surface area contributed by atoms with Crippen LogP contribution in [0.15, 0.2) is 24.3 Å². The molecular weight excluding hydrogens is 464 g/mol. The summed E-state index contributed by atoms with van der Waals surface area (Å²) < 4.78 is 0. The zero-order chi connectivity index (χ0) is 25.8. The van der Waals surface area contributed by atoms with Gasteiger partial charge in [0.1, 0.15) is 12.6 Å². The highest BCUT2D eigenvalue weighted by atomic mass is 16.3. The summed E-state index contributed by atoms with van der Waals surface area (Å²) in [7, 11) is 0. The third-order valence-electron chi connectivity index (χ3n) is 7.79. The molecule has 1 saturated carbocycles. The normalized spacial score (nSPS) is 26.1. The second kappa shape index (κ2) is 11.2. The minimum absolute atomic E-state index is 0.0828. The molecule has 0 aromatic heterocycles. The molecule has 4 N–H and O–H groups in total. The van der Waals surface area contributed by atoms with Crippen molar-refractivity contribution >= 4 is 35.1 Å². The van der Waals surface area contributed by atoms with Gasteiger partial charge in [0.05, 0.1) is 6.04 Å². The molecule has 2 heterocycles. The van der Waals surface area contributed by atoms with Crippen LogP contribution in [0.2, 0.25) is 0 Å². The summed E-state index contributed by atoms with van der Waals surface area (Å²) in [6.07, 6.45) is 3.98. The number of carbonyl (C=O) groups excluding carboxylic acids is 5. The number of likely N-dealkylation sites (tertiary alicyclic amines) is 1. The zero-order valence-corrected chi connectivity index (χ0v) is 20.5. The molecule has 194 valence electrons. The van der Waals surface area contributed by atoms with Crippen molar-refractivity contribution in [2.45, 2.75) is 57.5 Å². The largest absolute Gasteiger partial charge is 0.389 e. The van der Waals surface area contributed by atoms with Gasteiger partial charge >= 0.3 is 11.8 Å². The maximum absolute atomic E-state index is 13.5. The second-order valence-electron chi connectivity index (χ2n) is 10.1. The van der Waals surface area contributed by atoms with E-state index < -0.39 is 48.1 Å². The highest BCUT2D eigenvalue weighted by Gasteiger charge is 2.51. The quantitative estimate of drug-likeness (QED) is 0.404. The van der Waals surface area contributed by atoms with Crippen LogP contribution in [0.3, 0.4) is 0 Å². The Hall–Kier alpha value is -3.27. The fourth-order valence-electron chi connectivity index (χ4n) is 5.85. The third-order valence-corrected chi connectivity index (χ3v) is 7.79. The first-order chi connectivity index (χ1) is 17.3. The Morgan fingerprint density at radius 3 is 2.64 bits per heavy atom. The van der Waals surface area contributed by atoms with Crippen LogP contribution >= 0.6 is 0 Å². The maximum atomic E-state index is 13.5. The first kappa shape index (κ1) is 25.8. The number of hydrogen-bond donors (Lipinski definition) is 4. The minimum atomic E-state index is -1.05. The number of aliphatic hydroxyl groups excluding tert-OH is 1. The highest BCUT2D eigenvalue weighted by molar-refractivity contribution is 6.40. The lowest BCUT2D eigenvalue weighted by molar-refractivity contribution is -0.147. The van der Waals surface area contributed by atoms with E-state index in [4.69, 9.17) is 0 Å². The van der Waals surface area contributed by atoms with Gasteiger partial charge in [-0.1, -0.05) is 24.6 Å². The van der Waals surface area contributed by atoms with Crippen molar-refractivity contribution in [1.29, 1.82) is 0 Å². The topological polar surface area (TPSA) is 145 Å². The van der Waals surface area contributed by atoms with Crippen LogP contribution in [0.5, 0.6) is 0 Å². The summed E-state index contributed by atoms with van der Waals surface area (Å²) >= 11 is 0. The molecule has 0 spiro atoms. The van der Waals surface area contributed by atoms with Gasteiger partial charge in [0.25, 0.3) is 0 Å². The Morgan fingerprint density at radius 1 is 1.14 bits per heavy atom. The van der Waals surface area contributed by atoms with E-state index in [1.165, 1.54) is 4.90 Å². The van der Waals surface area contributed by atoms with Crippen molar-refractivity contribution in [3.63, 3.8) is 0 Å². The smallest absolute Gasteiger partial charge is 0.313 e. The first-order valence-corrected chi connectivity index (χ1v) is 12.7. The number of aliphatic hydroxyl groups is 1. The van der Waals surface area contributed by atoms with E-state index in [0.717, 1.165) is 31.2 Å². The molecule has 1 aromatic rings. The van der Waals surface area contributed by atoms with Crippen molar-refractivity contribution in [1.82, 2.24) is 15.5 Å². The average Bonchev–Trinajstić information content (AvgIpc) is 3.46. The molecule has 2 aliphatic heterocycles. The molecule has 2 saturated heterocycles. The fraction of sp³-hybridized carbons (Fsp3) is 0.577. The third kappa shape index (κ3) is 5.43. The molecule has 3 aliphatic rings. The Bertz CT molecular complexity index is 1040. The van der Waals surface area contributed by atoms with Gasteiger partial charge in [-0.05, 0) is 62.5 Å². The molecule has 3 fully saturated rings. The summed E-state index contributed by atoms with van der Waals surface area (Å²) in [6.45, 7) is 1.93. The van der Waals surface area contributed by atoms with Gasteiger partial charge in [-0.2, -0.15) is 0 Å². The van der Waals surface area contributed by atoms with Crippen molar-refractivity contribution < 1.29 is 29.1 Å². The number of rotatable bonds is 7. The molecule has 36 heavy (non-hydrogen) atoms. The number of amides is 4. The summed E-state index contributed by atoms with van der Waals surface area (Å²) in [5.74, 6) is -3.33. The fourth-order valence-corrected chi connectivity index (χ4v) is 5.85. The van der Waals surface area contributed by atoms with E-state index in [-0.39, 0.29) is 24.2 Å². The minimum Gasteiger partial charge on any atom is -0.389 e. The molecule has 10 nitrogen and oxygen atoms in total. The average molecular weight is 499 g/mol. The van der Waals surface area contributed by atoms with Crippen LogP contribution in [0, 0.1) is 24.7 Å². The number of nitrogens with zero attached hydrogens (tertiary/aromatic N) is 1. The van der Waals surface area contributed by atoms with Crippen LogP contribution in [0.4, 0.5) is 5.69 Å². The molecule has 10 heteroatoms. The second-order valence-corrected chi connectivity index (χ2v) is 10.1. The highest BCUT2D eigenvalue weighted by Crippen LogP contribution is 2.42. The number of carbonyl (C=O) groups is 5. The SMILES string of the molecule is Cc1ccccc1NC(=O)C(=O)N1C[C@@H]2CCC[C@@H]2[C@H]1C(=O)N[C@H](C[C@@H]1CCCNC1=O)C(=O)CO. The molecule has 1 aromatic carbocycles. The molecule has 4 rings (SSSR count). The lowest BCUT2D eigenvalue weighted by atomic mass is 9.89. The van der Waals surface area contributed by atoms with Crippen molar-refractivity contribution in [3.8, 4) is 0 Å². The summed E-state index contributed by atoms with van der Waals surface area (Å²) in [5.41, 5.74) is 1.33. The number of nitrogens with one attached hydrogen (secondary N) is 3. The van der Waals surface area contributed by atoms with E-state index in [1.807, 2.05) is 19.1 Å². The molecule has 1 aliphatic carbocycles. The lowest BCUT2D eigenvalue weighted by Gasteiger charge is -2.30. The number of ketones is 1. The Kier molecular flexibility index (Phi) is 8.03. The number of fused-ring (bicyclic) bond motifs is 1. The number of hydrogen-bond acceptors (Lipinski definition) is 6. The van der Waals surface area contributed by atoms with E-state index in [2.05, 4.69) is 16.0 Å². The maximum Gasteiger partial charge on any atom is 0.313 e. The molecule has 0 bridgehead atoms. The van der Waals surface area contributed by atoms with Crippen LogP contribution in [-0.2, 0) is 24.0 Å². The predicted octanol–water partition coefficient (Wildman–Crippen LogP) is 0.523. The predicted molar refractivity (Wildman–Crippen MR) is 131 cm³/mol. The van der Waals surface area contributed by atoms with E-state index >= 15 is 0 Å². The Labute approximate surface area is 210 Å². The number of Topliss-reactive ketones (excluding diaryl/α,β-unsaturated/α-hetero) is 1. The van der Waals surface area contributed by atoms with Crippen LogP contribution in [-0.4, -0.2) is 71.2 Å². The van der Waals surface area contributed by atoms with Crippen LogP contribution in [0.1, 0.15) is 44.1 Å². The van der Waals surface area contributed by atoms with Gasteiger partial charge in [-0.3, -0.25) is 24.0 Å². The van der Waals surface area contributed by atoms with Gasteiger partial charge in [-0.25, -0.2) is 0 Å². The van der Waals surface area contributed by atoms with E-state index in [9.17, 15) is 29.1 Å². The number of para-hydroxylation sites is 1. The first-order valence-electron chi connectivity index (χ1n) is 12.7. The van der Waals surface area contributed by atoms with Gasteiger partial charge in [0.15, 0.2) is 5.78 Å². The van der Waals surface area contributed by atoms with Crippen LogP contribution < -0.4 is 16.0 Å². The van der Waals surface area contributed by atoms with E-state index in [1.54, 1.807) is 12.1 Å². The van der Waals surface area contributed by atoms with E-state index in [0.29, 0.717) is 25.2 Å². The number of piperidine rings is 1. The molecule has 0 unspecified atom stereocenters. The van der Waals surface area contributed by atoms with Gasteiger partial charge < -0.3 is 26.0 Å². The Morgan fingerprint density at radius 2 is 1.92 bits per heavy atom. The molecule has 0 radical (unpaired) electrons. The Balaban J connectivity index is 1.50. The van der Waals surface area contributed by atoms with Gasteiger partial charge in [0, 0.05) is 24.7 Å². The number of aryl methyl sites for hydroxylation is 1.